The Morgan fingerprint density at radius 1 is 1.06 bits per heavy atom. The van der Waals surface area contributed by atoms with E-state index in [4.69, 9.17) is 16.0 Å². The Morgan fingerprint density at radius 3 is 2.63 bits per heavy atom. The Morgan fingerprint density at radius 2 is 1.86 bits per heavy atom. The summed E-state index contributed by atoms with van der Waals surface area (Å²) in [6, 6.07) is 13.4. The first-order valence-electron chi connectivity index (χ1n) is 9.82. The lowest BCUT2D eigenvalue weighted by Gasteiger charge is -2.09. The smallest absolute Gasteiger partial charge is 0.270 e. The highest BCUT2D eigenvalue weighted by molar-refractivity contribution is 6.31. The van der Waals surface area contributed by atoms with Crippen LogP contribution in [0.5, 0.6) is 0 Å². The Bertz CT molecular complexity index is 1580. The SMILES string of the molecule is O=[N+]([O-])c1cccc(-c2ccc(/C=N\Nc3nc4nonc4nc3Nc3ccc(F)c(Cl)c3)o2)c1. The second-order valence-electron chi connectivity index (χ2n) is 6.97. The van der Waals surface area contributed by atoms with E-state index in [1.165, 1.54) is 36.5 Å². The minimum Gasteiger partial charge on any atom is -0.455 e. The molecule has 0 aliphatic heterocycles. The first-order valence-corrected chi connectivity index (χ1v) is 10.2. The summed E-state index contributed by atoms with van der Waals surface area (Å²) in [7, 11) is 0. The topological polar surface area (TPSA) is 157 Å². The molecule has 0 fully saturated rings. The van der Waals surface area contributed by atoms with Gasteiger partial charge in [0.15, 0.2) is 11.6 Å². The average Bonchev–Trinajstić information content (AvgIpc) is 3.51. The van der Waals surface area contributed by atoms with Crippen LogP contribution < -0.4 is 10.7 Å². The van der Waals surface area contributed by atoms with Gasteiger partial charge in [-0.2, -0.15) is 10.1 Å². The van der Waals surface area contributed by atoms with Gasteiger partial charge in [0.25, 0.3) is 5.69 Å². The van der Waals surface area contributed by atoms with Gasteiger partial charge in [-0.15, -0.1) is 0 Å². The van der Waals surface area contributed by atoms with E-state index in [2.05, 4.69) is 40.8 Å². The molecule has 0 spiro atoms. The molecule has 0 saturated carbocycles. The summed E-state index contributed by atoms with van der Waals surface area (Å²) in [5.41, 5.74) is 3.95. The van der Waals surface area contributed by atoms with Crippen molar-refractivity contribution in [3.63, 3.8) is 0 Å². The van der Waals surface area contributed by atoms with Crippen molar-refractivity contribution in [2.75, 3.05) is 10.7 Å². The standard InChI is InChI=1S/C21H12ClFN8O4/c22-15-9-12(4-6-16(15)23)25-18-19(27-21-20(26-18)29-35-30-21)28-24-10-14-5-7-17(34-14)11-2-1-3-13(8-11)31(32)33/h1-10H,(H,25,26,29)(H,27,28,30)/b24-10-. The molecule has 3 aromatic heterocycles. The number of aromatic nitrogens is 4. The molecule has 0 saturated heterocycles. The highest BCUT2D eigenvalue weighted by Gasteiger charge is 2.14. The number of benzene rings is 2. The molecule has 0 aliphatic carbocycles. The summed E-state index contributed by atoms with van der Waals surface area (Å²) in [6.07, 6.45) is 1.38. The molecular formula is C21H12ClFN8O4. The van der Waals surface area contributed by atoms with Gasteiger partial charge in [0.05, 0.1) is 16.2 Å². The lowest BCUT2D eigenvalue weighted by Crippen LogP contribution is -2.03. The number of nitrogens with zero attached hydrogens (tertiary/aromatic N) is 6. The van der Waals surface area contributed by atoms with Gasteiger partial charge in [-0.25, -0.2) is 14.0 Å². The van der Waals surface area contributed by atoms with E-state index in [1.54, 1.807) is 24.3 Å². The molecule has 14 heteroatoms. The molecule has 0 aliphatic rings. The molecule has 0 unspecified atom stereocenters. The number of halogens is 2. The van der Waals surface area contributed by atoms with Crippen LogP contribution in [0.1, 0.15) is 5.76 Å². The highest BCUT2D eigenvalue weighted by Crippen LogP contribution is 2.27. The minimum absolute atomic E-state index is 0.0467. The third-order valence-electron chi connectivity index (χ3n) is 4.63. The summed E-state index contributed by atoms with van der Waals surface area (Å²) >= 11 is 5.85. The number of nitrogens with one attached hydrogen (secondary N) is 2. The van der Waals surface area contributed by atoms with Crippen LogP contribution in [0.2, 0.25) is 5.02 Å². The van der Waals surface area contributed by atoms with Crippen molar-refractivity contribution in [2.45, 2.75) is 0 Å². The van der Waals surface area contributed by atoms with Crippen LogP contribution in [-0.4, -0.2) is 31.4 Å². The van der Waals surface area contributed by atoms with Gasteiger partial charge in [-0.1, -0.05) is 23.7 Å². The predicted octanol–water partition coefficient (Wildman–Crippen LogP) is 5.16. The summed E-state index contributed by atoms with van der Waals surface area (Å²) in [6.45, 7) is 0. The van der Waals surface area contributed by atoms with Crippen molar-refractivity contribution in [3.8, 4) is 11.3 Å². The quantitative estimate of drug-likeness (QED) is 0.176. The number of non-ortho nitro benzene ring substituents is 1. The maximum atomic E-state index is 13.5. The van der Waals surface area contributed by atoms with Crippen LogP contribution in [0, 0.1) is 15.9 Å². The molecule has 35 heavy (non-hydrogen) atoms. The van der Waals surface area contributed by atoms with Crippen LogP contribution in [-0.2, 0) is 0 Å². The molecule has 0 atom stereocenters. The average molecular weight is 495 g/mol. The second kappa shape index (κ2) is 9.15. The van der Waals surface area contributed by atoms with Crippen molar-refractivity contribution in [3.05, 3.63) is 81.3 Å². The van der Waals surface area contributed by atoms with Crippen LogP contribution in [0.4, 0.5) is 27.4 Å². The number of hydrogen-bond donors (Lipinski definition) is 2. The van der Waals surface area contributed by atoms with Crippen molar-refractivity contribution in [2.24, 2.45) is 5.10 Å². The summed E-state index contributed by atoms with van der Waals surface area (Å²) in [5.74, 6) is 0.599. The number of rotatable bonds is 7. The summed E-state index contributed by atoms with van der Waals surface area (Å²) in [5, 5.41) is 25.3. The van der Waals surface area contributed by atoms with E-state index >= 15 is 0 Å². The zero-order chi connectivity index (χ0) is 24.4. The predicted molar refractivity (Wildman–Crippen MR) is 124 cm³/mol. The number of hydrazone groups is 1. The number of anilines is 3. The minimum atomic E-state index is -0.565. The van der Waals surface area contributed by atoms with Crippen molar-refractivity contribution < 1.29 is 18.4 Å². The summed E-state index contributed by atoms with van der Waals surface area (Å²) in [4.78, 5) is 19.1. The van der Waals surface area contributed by atoms with E-state index in [0.29, 0.717) is 22.8 Å². The van der Waals surface area contributed by atoms with Gasteiger partial charge in [0.2, 0.25) is 11.3 Å². The molecule has 0 bridgehead atoms. The van der Waals surface area contributed by atoms with Gasteiger partial charge >= 0.3 is 0 Å². The second-order valence-corrected chi connectivity index (χ2v) is 7.37. The molecular weight excluding hydrogens is 483 g/mol. The number of nitro groups is 1. The normalized spacial score (nSPS) is 11.3. The zero-order valence-electron chi connectivity index (χ0n) is 17.3. The van der Waals surface area contributed by atoms with Gasteiger partial charge in [0, 0.05) is 23.4 Å². The van der Waals surface area contributed by atoms with Crippen molar-refractivity contribution in [1.82, 2.24) is 20.3 Å². The number of nitro benzene ring substituents is 1. The zero-order valence-corrected chi connectivity index (χ0v) is 18.1. The Labute approximate surface area is 199 Å². The largest absolute Gasteiger partial charge is 0.455 e. The fourth-order valence-corrected chi connectivity index (χ4v) is 3.20. The molecule has 5 rings (SSSR count). The van der Waals surface area contributed by atoms with Gasteiger partial charge in [-0.05, 0) is 40.6 Å². The molecule has 0 radical (unpaired) electrons. The van der Waals surface area contributed by atoms with Gasteiger partial charge in [-0.3, -0.25) is 15.5 Å². The molecule has 5 aromatic rings. The van der Waals surface area contributed by atoms with Crippen LogP contribution >= 0.6 is 11.6 Å². The van der Waals surface area contributed by atoms with Gasteiger partial charge < -0.3 is 9.73 Å². The number of hydrogen-bond acceptors (Lipinski definition) is 11. The maximum absolute atomic E-state index is 13.5. The van der Waals surface area contributed by atoms with Gasteiger partial charge in [0.1, 0.15) is 17.3 Å². The monoisotopic (exact) mass is 494 g/mol. The molecule has 12 nitrogen and oxygen atoms in total. The highest BCUT2D eigenvalue weighted by atomic mass is 35.5. The fraction of sp³-hybridized carbons (Fsp3) is 0. The van der Waals surface area contributed by atoms with Crippen LogP contribution in [0.3, 0.4) is 0 Å². The Balaban J connectivity index is 1.37. The van der Waals surface area contributed by atoms with E-state index in [-0.39, 0.29) is 33.6 Å². The number of furan rings is 1. The van der Waals surface area contributed by atoms with E-state index < -0.39 is 10.7 Å². The van der Waals surface area contributed by atoms with Crippen molar-refractivity contribution >= 4 is 52.1 Å². The van der Waals surface area contributed by atoms with Crippen molar-refractivity contribution in [1.29, 1.82) is 0 Å². The Kier molecular flexibility index (Phi) is 5.73. The van der Waals surface area contributed by atoms with E-state index in [1.807, 2.05) is 0 Å². The molecule has 2 N–H and O–H groups in total. The van der Waals surface area contributed by atoms with E-state index in [9.17, 15) is 14.5 Å². The van der Waals surface area contributed by atoms with Crippen LogP contribution in [0.25, 0.3) is 22.6 Å². The van der Waals surface area contributed by atoms with Crippen LogP contribution in [0.15, 0.2) is 68.7 Å². The third-order valence-corrected chi connectivity index (χ3v) is 4.92. The lowest BCUT2D eigenvalue weighted by molar-refractivity contribution is -0.384. The Hall–Kier alpha value is -4.91. The number of fused-ring (bicyclic) bond motifs is 1. The first-order chi connectivity index (χ1) is 17.0. The van der Waals surface area contributed by atoms with E-state index in [0.717, 1.165) is 0 Å². The molecule has 2 aromatic carbocycles. The first kappa shape index (κ1) is 21.9. The maximum Gasteiger partial charge on any atom is 0.270 e. The fourth-order valence-electron chi connectivity index (χ4n) is 3.02. The molecule has 3 heterocycles. The lowest BCUT2D eigenvalue weighted by atomic mass is 10.1. The third kappa shape index (κ3) is 4.74. The molecule has 174 valence electrons. The molecule has 0 amide bonds. The summed E-state index contributed by atoms with van der Waals surface area (Å²) < 4.78 is 23.8.